The molecule has 46 heavy (non-hydrogen) atoms. The number of hydrogen-bond donors (Lipinski definition) is 2. The van der Waals surface area contributed by atoms with Crippen LogP contribution in [0.3, 0.4) is 0 Å². The first-order valence-corrected chi connectivity index (χ1v) is 18.6. The molecule has 2 rings (SSSR count). The summed E-state index contributed by atoms with van der Waals surface area (Å²) in [6.45, 7) is 14.6. The number of allylic oxidation sites excluding steroid dienone is 12. The van der Waals surface area contributed by atoms with Crippen LogP contribution >= 0.6 is 0 Å². The van der Waals surface area contributed by atoms with Gasteiger partial charge in [0.25, 0.3) is 0 Å². The monoisotopic (exact) mass is 633 g/mol. The van der Waals surface area contributed by atoms with E-state index in [2.05, 4.69) is 88.6 Å². The highest BCUT2D eigenvalue weighted by molar-refractivity contribution is 5.79. The lowest BCUT2D eigenvalue weighted by molar-refractivity contribution is -0.126. The van der Waals surface area contributed by atoms with Crippen LogP contribution in [0, 0.1) is 11.8 Å². The maximum atomic E-state index is 12.7. The maximum absolute atomic E-state index is 12.7. The Kier molecular flexibility index (Phi) is 20.3. The summed E-state index contributed by atoms with van der Waals surface area (Å²) in [6, 6.07) is 0. The molecule has 0 aromatic rings. The van der Waals surface area contributed by atoms with E-state index in [-0.39, 0.29) is 23.7 Å². The highest BCUT2D eigenvalue weighted by atomic mass is 16.2. The van der Waals surface area contributed by atoms with Crippen LogP contribution in [-0.4, -0.2) is 24.9 Å². The average molecular weight is 633 g/mol. The summed E-state index contributed by atoms with van der Waals surface area (Å²) in [4.78, 5) is 25.3. The molecule has 0 fully saturated rings. The van der Waals surface area contributed by atoms with Crippen LogP contribution in [0.5, 0.6) is 0 Å². The van der Waals surface area contributed by atoms with Crippen molar-refractivity contribution in [2.75, 3.05) is 13.1 Å². The molecular weight excluding hydrogens is 564 g/mol. The van der Waals surface area contributed by atoms with Gasteiger partial charge in [0, 0.05) is 24.9 Å². The smallest absolute Gasteiger partial charge is 0.223 e. The number of carbonyl (C=O) groups is 2. The second-order valence-corrected chi connectivity index (χ2v) is 14.5. The van der Waals surface area contributed by atoms with Gasteiger partial charge in [-0.05, 0) is 144 Å². The molecule has 2 atom stereocenters. The number of carbonyl (C=O) groups excluding carboxylic acids is 2. The zero-order chi connectivity index (χ0) is 33.6. The lowest BCUT2D eigenvalue weighted by Gasteiger charge is -2.21. The van der Waals surface area contributed by atoms with Gasteiger partial charge in [0.1, 0.15) is 0 Å². The van der Waals surface area contributed by atoms with Gasteiger partial charge >= 0.3 is 0 Å². The second kappa shape index (κ2) is 23.7. The molecule has 0 aromatic heterocycles. The normalized spacial score (nSPS) is 18.7. The van der Waals surface area contributed by atoms with Gasteiger partial charge in [-0.1, -0.05) is 82.7 Å². The molecule has 0 saturated carbocycles. The lowest BCUT2D eigenvalue weighted by Crippen LogP contribution is -2.32. The maximum Gasteiger partial charge on any atom is 0.223 e. The molecule has 0 heterocycles. The first-order chi connectivity index (χ1) is 22.1. The Hall–Kier alpha value is -2.62. The molecule has 2 unspecified atom stereocenters. The summed E-state index contributed by atoms with van der Waals surface area (Å²) in [5.41, 5.74) is 8.81. The Morgan fingerprint density at radius 1 is 0.609 bits per heavy atom. The van der Waals surface area contributed by atoms with Crippen molar-refractivity contribution in [3.8, 4) is 0 Å². The summed E-state index contributed by atoms with van der Waals surface area (Å²) >= 11 is 0. The SMILES string of the molecule is CC(C)=CCC/C(C)=C/CCC1=CCC(C(=O)NCCCCCCNC(=O)C2CC=C(CC/C=C(\C)CCC=C(C)C)CC2)CC1. The van der Waals surface area contributed by atoms with Crippen molar-refractivity contribution >= 4 is 11.8 Å². The molecule has 4 nitrogen and oxygen atoms in total. The Bertz CT molecular complexity index is 1020. The van der Waals surface area contributed by atoms with E-state index in [1.165, 1.54) is 33.4 Å². The fraction of sp³-hybridized carbons (Fsp3) is 0.667. The molecular formula is C42H68N2O2. The Morgan fingerprint density at radius 2 is 1.02 bits per heavy atom. The summed E-state index contributed by atoms with van der Waals surface area (Å²) in [7, 11) is 0. The van der Waals surface area contributed by atoms with Crippen LogP contribution < -0.4 is 10.6 Å². The number of hydrogen-bond acceptors (Lipinski definition) is 2. The van der Waals surface area contributed by atoms with E-state index in [9.17, 15) is 9.59 Å². The zero-order valence-electron chi connectivity index (χ0n) is 30.6. The average Bonchev–Trinajstić information content (AvgIpc) is 3.02. The fourth-order valence-corrected chi connectivity index (χ4v) is 6.41. The Morgan fingerprint density at radius 3 is 1.37 bits per heavy atom. The van der Waals surface area contributed by atoms with Gasteiger partial charge in [-0.15, -0.1) is 0 Å². The zero-order valence-corrected chi connectivity index (χ0v) is 30.6. The standard InChI is InChI=1S/C42H68N2O2/c1-33(2)15-11-17-35(5)19-13-21-37-23-27-39(28-24-37)41(45)43-31-9-7-8-10-32-44-42(46)40-29-25-38(26-30-40)22-14-20-36(6)18-12-16-34(3)4/h15-16,19-20,23,25,39-40H,7-14,17-18,21-22,24,26-32H2,1-6H3,(H,43,45)(H,44,46)/b35-19+,36-20+. The van der Waals surface area contributed by atoms with Crippen molar-refractivity contribution < 1.29 is 9.59 Å². The number of unbranched alkanes of at least 4 members (excludes halogenated alkanes) is 3. The van der Waals surface area contributed by atoms with E-state index >= 15 is 0 Å². The third kappa shape index (κ3) is 18.5. The lowest BCUT2D eigenvalue weighted by atomic mass is 9.87. The highest BCUT2D eigenvalue weighted by Crippen LogP contribution is 2.28. The van der Waals surface area contributed by atoms with E-state index in [4.69, 9.17) is 0 Å². The Labute approximate surface area is 283 Å². The van der Waals surface area contributed by atoms with Crippen LogP contribution in [0.15, 0.2) is 69.9 Å². The molecule has 2 amide bonds. The van der Waals surface area contributed by atoms with E-state index in [1.54, 1.807) is 0 Å². The molecule has 0 bridgehead atoms. The van der Waals surface area contributed by atoms with E-state index in [0.29, 0.717) is 0 Å². The summed E-state index contributed by atoms with van der Waals surface area (Å²) < 4.78 is 0. The molecule has 0 aliphatic heterocycles. The quantitative estimate of drug-likeness (QED) is 0.0977. The molecule has 2 aliphatic rings. The minimum atomic E-state index is 0.134. The van der Waals surface area contributed by atoms with E-state index < -0.39 is 0 Å². The van der Waals surface area contributed by atoms with Gasteiger partial charge < -0.3 is 10.6 Å². The predicted molar refractivity (Wildman–Crippen MR) is 199 cm³/mol. The van der Waals surface area contributed by atoms with Crippen molar-refractivity contribution in [1.82, 2.24) is 10.6 Å². The first kappa shape index (κ1) is 39.6. The third-order valence-electron chi connectivity index (χ3n) is 9.55. The molecule has 0 radical (unpaired) electrons. The summed E-state index contributed by atoms with van der Waals surface area (Å²) in [6.07, 6.45) is 33.2. The minimum Gasteiger partial charge on any atom is -0.356 e. The number of amides is 2. The second-order valence-electron chi connectivity index (χ2n) is 14.5. The topological polar surface area (TPSA) is 58.2 Å². The highest BCUT2D eigenvalue weighted by Gasteiger charge is 2.22. The summed E-state index contributed by atoms with van der Waals surface area (Å²) in [5.74, 6) is 0.720. The number of rotatable bonds is 21. The van der Waals surface area contributed by atoms with Crippen molar-refractivity contribution in [1.29, 1.82) is 0 Å². The molecule has 258 valence electrons. The predicted octanol–water partition coefficient (Wildman–Crippen LogP) is 11.2. The molecule has 0 aromatic carbocycles. The van der Waals surface area contributed by atoms with Crippen LogP contribution in [0.2, 0.25) is 0 Å². The van der Waals surface area contributed by atoms with Gasteiger partial charge in [-0.2, -0.15) is 0 Å². The molecule has 2 N–H and O–H groups in total. The first-order valence-electron chi connectivity index (χ1n) is 18.6. The van der Waals surface area contributed by atoms with Crippen molar-refractivity contribution in [2.24, 2.45) is 11.8 Å². The van der Waals surface area contributed by atoms with Gasteiger partial charge in [0.05, 0.1) is 0 Å². The molecule has 0 saturated heterocycles. The Balaban J connectivity index is 1.48. The molecule has 2 aliphatic carbocycles. The minimum absolute atomic E-state index is 0.134. The van der Waals surface area contributed by atoms with Crippen LogP contribution in [-0.2, 0) is 9.59 Å². The van der Waals surface area contributed by atoms with Crippen LogP contribution in [0.25, 0.3) is 0 Å². The van der Waals surface area contributed by atoms with Crippen LogP contribution in [0.4, 0.5) is 0 Å². The third-order valence-corrected chi connectivity index (χ3v) is 9.55. The van der Waals surface area contributed by atoms with Crippen molar-refractivity contribution in [2.45, 2.75) is 157 Å². The van der Waals surface area contributed by atoms with Gasteiger partial charge in [-0.25, -0.2) is 0 Å². The van der Waals surface area contributed by atoms with Gasteiger partial charge in [-0.3, -0.25) is 9.59 Å². The van der Waals surface area contributed by atoms with Crippen molar-refractivity contribution in [3.63, 3.8) is 0 Å². The largest absolute Gasteiger partial charge is 0.356 e. The van der Waals surface area contributed by atoms with Crippen molar-refractivity contribution in [3.05, 3.63) is 69.9 Å². The van der Waals surface area contributed by atoms with Gasteiger partial charge in [0.15, 0.2) is 0 Å². The molecule has 0 spiro atoms. The van der Waals surface area contributed by atoms with Crippen LogP contribution in [0.1, 0.15) is 157 Å². The summed E-state index contributed by atoms with van der Waals surface area (Å²) in [5, 5.41) is 6.35. The fourth-order valence-electron chi connectivity index (χ4n) is 6.41. The van der Waals surface area contributed by atoms with E-state index in [1.807, 2.05) is 0 Å². The number of nitrogens with one attached hydrogen (secondary N) is 2. The van der Waals surface area contributed by atoms with Gasteiger partial charge in [0.2, 0.25) is 11.8 Å². The molecule has 4 heteroatoms. The van der Waals surface area contributed by atoms with E-state index in [0.717, 1.165) is 129 Å².